The number of pyridine rings is 1. The predicted octanol–water partition coefficient (Wildman–Crippen LogP) is 4.81. The first-order chi connectivity index (χ1) is 17.7. The summed E-state index contributed by atoms with van der Waals surface area (Å²) < 4.78 is 27.8. The molecule has 0 saturated carbocycles. The van der Waals surface area contributed by atoms with Gasteiger partial charge in [0.1, 0.15) is 11.9 Å². The predicted molar refractivity (Wildman–Crippen MR) is 143 cm³/mol. The highest BCUT2D eigenvalue weighted by atomic mass is 32.2. The van der Waals surface area contributed by atoms with E-state index in [1.165, 1.54) is 11.8 Å². The first-order valence-corrected chi connectivity index (χ1v) is 13.7. The molecule has 0 amide bonds. The minimum atomic E-state index is -3.93. The maximum absolute atomic E-state index is 13.4. The molecule has 10 heteroatoms. The van der Waals surface area contributed by atoms with Crippen LogP contribution in [0.3, 0.4) is 0 Å². The molecule has 1 aliphatic heterocycles. The lowest BCUT2D eigenvalue weighted by atomic mass is 9.92. The number of fused-ring (bicyclic) bond motifs is 1. The van der Waals surface area contributed by atoms with Crippen LogP contribution >= 0.6 is 0 Å². The number of aromatic nitrogens is 2. The van der Waals surface area contributed by atoms with Gasteiger partial charge in [0.25, 0.3) is 10.0 Å². The Morgan fingerprint density at radius 2 is 1.84 bits per heavy atom. The molecule has 192 valence electrons. The van der Waals surface area contributed by atoms with E-state index in [-0.39, 0.29) is 28.2 Å². The molecule has 1 fully saturated rings. The lowest BCUT2D eigenvalue weighted by Gasteiger charge is -2.38. The van der Waals surface area contributed by atoms with Crippen LogP contribution < -0.4 is 5.32 Å². The molecular weight excluding hydrogens is 490 g/mol. The van der Waals surface area contributed by atoms with Crippen molar-refractivity contribution in [3.8, 4) is 0 Å². The Labute approximate surface area is 216 Å². The number of piperidine rings is 1. The molecule has 3 heterocycles. The van der Waals surface area contributed by atoms with Crippen LogP contribution in [0.25, 0.3) is 11.0 Å². The van der Waals surface area contributed by atoms with Crippen molar-refractivity contribution in [2.24, 2.45) is 5.92 Å². The van der Waals surface area contributed by atoms with Crippen molar-refractivity contribution in [1.82, 2.24) is 13.9 Å². The van der Waals surface area contributed by atoms with Crippen molar-refractivity contribution in [3.05, 3.63) is 94.3 Å². The third kappa shape index (κ3) is 4.94. The number of nitrogens with zero attached hydrogens (tertiary/aromatic N) is 4. The number of hydrogen-bond acceptors (Lipinski definition) is 7. The quantitative estimate of drug-likeness (QED) is 0.275. The third-order valence-corrected chi connectivity index (χ3v) is 8.74. The number of likely N-dealkylation sites (tertiary alicyclic amines) is 1. The Bertz CT molecular complexity index is 1530. The fourth-order valence-corrected chi connectivity index (χ4v) is 6.16. The van der Waals surface area contributed by atoms with Crippen molar-refractivity contribution in [1.29, 1.82) is 0 Å². The van der Waals surface area contributed by atoms with Crippen molar-refractivity contribution in [2.45, 2.75) is 37.8 Å². The summed E-state index contributed by atoms with van der Waals surface area (Å²) in [5, 5.41) is 15.8. The molecule has 0 spiro atoms. The minimum Gasteiger partial charge on any atom is -0.375 e. The number of benzene rings is 2. The first-order valence-electron chi connectivity index (χ1n) is 12.2. The van der Waals surface area contributed by atoms with Gasteiger partial charge < -0.3 is 5.32 Å². The summed E-state index contributed by atoms with van der Waals surface area (Å²) in [6.45, 7) is 6.46. The number of hydrogen-bond donors (Lipinski definition) is 1. The van der Waals surface area contributed by atoms with E-state index in [0.29, 0.717) is 17.6 Å². The smallest absolute Gasteiger partial charge is 0.311 e. The third-order valence-electron chi connectivity index (χ3n) is 7.06. The van der Waals surface area contributed by atoms with Crippen LogP contribution in [0, 0.1) is 23.0 Å². The molecule has 5 rings (SSSR count). The summed E-state index contributed by atoms with van der Waals surface area (Å²) in [4.78, 5) is 18.1. The summed E-state index contributed by atoms with van der Waals surface area (Å²) >= 11 is 0. The van der Waals surface area contributed by atoms with Gasteiger partial charge in [-0.05, 0) is 49.6 Å². The molecule has 1 saturated heterocycles. The molecule has 1 aliphatic rings. The zero-order valence-corrected chi connectivity index (χ0v) is 21.6. The summed E-state index contributed by atoms with van der Waals surface area (Å²) in [5.41, 5.74) is 2.43. The number of nitro groups is 1. The fourth-order valence-electron chi connectivity index (χ4n) is 4.86. The molecule has 0 unspecified atom stereocenters. The summed E-state index contributed by atoms with van der Waals surface area (Å²) in [6, 6.07) is 18.3. The Morgan fingerprint density at radius 1 is 1.11 bits per heavy atom. The summed E-state index contributed by atoms with van der Waals surface area (Å²) in [5.74, 6) is 0.271. The van der Waals surface area contributed by atoms with Gasteiger partial charge in [-0.15, -0.1) is 0 Å². The molecule has 0 radical (unpaired) electrons. The van der Waals surface area contributed by atoms with E-state index in [0.717, 1.165) is 35.2 Å². The highest BCUT2D eigenvalue weighted by Gasteiger charge is 2.31. The lowest BCUT2D eigenvalue weighted by molar-refractivity contribution is -0.384. The summed E-state index contributed by atoms with van der Waals surface area (Å²) in [6.07, 6.45) is 3.49. The van der Waals surface area contributed by atoms with Gasteiger partial charge in [0.15, 0.2) is 5.65 Å². The van der Waals surface area contributed by atoms with Crippen LogP contribution in [0.1, 0.15) is 24.5 Å². The SMILES string of the molecule is Cc1ccc(S(=O)(=O)n2ccc3c(N[C@@H]4CN(Cc5ccccc5)CC[C@H]4C)c([N+](=O)[O-])cnc32)cc1. The van der Waals surface area contributed by atoms with Crippen molar-refractivity contribution in [2.75, 3.05) is 18.4 Å². The lowest BCUT2D eigenvalue weighted by Crippen LogP contribution is -2.46. The van der Waals surface area contributed by atoms with Gasteiger partial charge in [0, 0.05) is 25.3 Å². The second-order valence-electron chi connectivity index (χ2n) is 9.68. The summed E-state index contributed by atoms with van der Waals surface area (Å²) in [7, 11) is -3.93. The second kappa shape index (κ2) is 9.95. The van der Waals surface area contributed by atoms with Crippen LogP contribution in [0.5, 0.6) is 0 Å². The van der Waals surface area contributed by atoms with Crippen LogP contribution in [-0.4, -0.2) is 46.3 Å². The highest BCUT2D eigenvalue weighted by Crippen LogP contribution is 2.35. The average molecular weight is 520 g/mol. The van der Waals surface area contributed by atoms with E-state index >= 15 is 0 Å². The fraction of sp³-hybridized carbons (Fsp3) is 0.296. The Hall–Kier alpha value is -3.76. The standard InChI is InChI=1S/C27H29N5O4S/c1-19-8-10-22(11-9-19)37(35,36)31-15-13-23-26(25(32(33)34)16-28-27(23)31)29-24-18-30(14-12-20(24)2)17-21-6-4-3-5-7-21/h3-11,13,15-16,20,24H,12,14,17-18H2,1-2H3,(H,28,29)/t20-,24-/m1/s1. The van der Waals surface area contributed by atoms with Gasteiger partial charge in [0.2, 0.25) is 0 Å². The zero-order chi connectivity index (χ0) is 26.2. The molecule has 37 heavy (non-hydrogen) atoms. The largest absolute Gasteiger partial charge is 0.375 e. The maximum atomic E-state index is 13.4. The normalized spacial score (nSPS) is 18.6. The van der Waals surface area contributed by atoms with Gasteiger partial charge in [-0.25, -0.2) is 17.4 Å². The number of anilines is 1. The minimum absolute atomic E-state index is 0.0567. The zero-order valence-electron chi connectivity index (χ0n) is 20.7. The molecule has 2 atom stereocenters. The maximum Gasteiger partial charge on any atom is 0.311 e. The Morgan fingerprint density at radius 3 is 2.54 bits per heavy atom. The van der Waals surface area contributed by atoms with E-state index in [2.05, 4.69) is 34.3 Å². The van der Waals surface area contributed by atoms with Crippen LogP contribution in [-0.2, 0) is 16.6 Å². The van der Waals surface area contributed by atoms with Crippen molar-refractivity contribution >= 4 is 32.4 Å². The topological polar surface area (TPSA) is 110 Å². The molecule has 2 aromatic carbocycles. The molecular formula is C27H29N5O4S. The molecule has 4 aromatic rings. The number of rotatable bonds is 7. The second-order valence-corrected chi connectivity index (χ2v) is 11.5. The van der Waals surface area contributed by atoms with Crippen LogP contribution in [0.4, 0.5) is 11.4 Å². The molecule has 1 N–H and O–H groups in total. The highest BCUT2D eigenvalue weighted by molar-refractivity contribution is 7.90. The molecule has 0 bridgehead atoms. The van der Waals surface area contributed by atoms with E-state index in [9.17, 15) is 18.5 Å². The Balaban J connectivity index is 1.50. The number of aryl methyl sites for hydroxylation is 1. The molecule has 0 aliphatic carbocycles. The van der Waals surface area contributed by atoms with Gasteiger partial charge in [0.05, 0.1) is 15.2 Å². The first kappa shape index (κ1) is 24.9. The van der Waals surface area contributed by atoms with Crippen LogP contribution in [0.15, 0.2) is 78.0 Å². The number of nitrogens with one attached hydrogen (secondary N) is 1. The van der Waals surface area contributed by atoms with Gasteiger partial charge >= 0.3 is 5.69 Å². The van der Waals surface area contributed by atoms with Gasteiger partial charge in [-0.2, -0.15) is 0 Å². The molecule has 2 aromatic heterocycles. The van der Waals surface area contributed by atoms with E-state index in [4.69, 9.17) is 0 Å². The van der Waals surface area contributed by atoms with Crippen molar-refractivity contribution in [3.63, 3.8) is 0 Å². The average Bonchev–Trinajstić information content (AvgIpc) is 3.32. The van der Waals surface area contributed by atoms with E-state index in [1.54, 1.807) is 30.3 Å². The van der Waals surface area contributed by atoms with Crippen molar-refractivity contribution < 1.29 is 13.3 Å². The van der Waals surface area contributed by atoms with E-state index < -0.39 is 14.9 Å². The van der Waals surface area contributed by atoms with Gasteiger partial charge in [-0.3, -0.25) is 15.0 Å². The van der Waals surface area contributed by atoms with Crippen LogP contribution in [0.2, 0.25) is 0 Å². The van der Waals surface area contributed by atoms with E-state index in [1.807, 2.05) is 25.1 Å². The Kier molecular flexibility index (Phi) is 6.70. The van der Waals surface area contributed by atoms with Gasteiger partial charge in [-0.1, -0.05) is 55.0 Å². The monoisotopic (exact) mass is 519 g/mol. The molecule has 9 nitrogen and oxygen atoms in total.